The number of aryl methyl sites for hydroxylation is 1. The van der Waals surface area contributed by atoms with E-state index in [1.165, 1.54) is 31.0 Å². The maximum atomic E-state index is 12.1. The van der Waals surface area contributed by atoms with Gasteiger partial charge in [-0.3, -0.25) is 4.79 Å². The van der Waals surface area contributed by atoms with E-state index in [4.69, 9.17) is 0 Å². The van der Waals surface area contributed by atoms with Gasteiger partial charge in [-0.2, -0.15) is 0 Å². The Hall–Kier alpha value is -1.04. The largest absolute Gasteiger partial charge is 0.352 e. The Labute approximate surface area is 112 Å². The third kappa shape index (κ3) is 3.48. The standard InChI is InChI=1S/C12H20N4OS/c1-9(18-12-15-13-8-16(12)2)11(17)14-10-6-4-3-5-7-10/h8-10H,3-7H2,1-2H3,(H,14,17)/t9-/m1/s1. The summed E-state index contributed by atoms with van der Waals surface area (Å²) in [7, 11) is 1.88. The minimum absolute atomic E-state index is 0.106. The number of carbonyl (C=O) groups excluding carboxylic acids is 1. The van der Waals surface area contributed by atoms with Crippen LogP contribution in [0.4, 0.5) is 0 Å². The quantitative estimate of drug-likeness (QED) is 0.845. The molecule has 1 aliphatic rings. The monoisotopic (exact) mass is 268 g/mol. The molecule has 0 spiro atoms. The zero-order valence-corrected chi connectivity index (χ0v) is 11.7. The van der Waals surface area contributed by atoms with Crippen LogP contribution < -0.4 is 5.32 Å². The van der Waals surface area contributed by atoms with Crippen LogP contribution in [0.25, 0.3) is 0 Å². The lowest BCUT2D eigenvalue weighted by molar-refractivity contribution is -0.121. The molecule has 2 rings (SSSR count). The lowest BCUT2D eigenvalue weighted by Gasteiger charge is -2.24. The number of carbonyl (C=O) groups is 1. The summed E-state index contributed by atoms with van der Waals surface area (Å²) in [6, 6.07) is 0.369. The molecule has 0 bridgehead atoms. The number of amides is 1. The van der Waals surface area contributed by atoms with Crippen molar-refractivity contribution in [2.45, 2.75) is 55.5 Å². The summed E-state index contributed by atoms with van der Waals surface area (Å²) in [6.45, 7) is 1.91. The van der Waals surface area contributed by atoms with Gasteiger partial charge in [0.2, 0.25) is 5.91 Å². The predicted molar refractivity (Wildman–Crippen MR) is 71.3 cm³/mol. The van der Waals surface area contributed by atoms with Crippen molar-refractivity contribution in [3.63, 3.8) is 0 Å². The van der Waals surface area contributed by atoms with Crippen LogP contribution in [-0.2, 0) is 11.8 Å². The van der Waals surface area contributed by atoms with Gasteiger partial charge in [0.1, 0.15) is 6.33 Å². The average molecular weight is 268 g/mol. The van der Waals surface area contributed by atoms with Crippen LogP contribution in [0.1, 0.15) is 39.0 Å². The fourth-order valence-corrected chi connectivity index (χ4v) is 2.96. The van der Waals surface area contributed by atoms with E-state index in [0.717, 1.165) is 18.0 Å². The van der Waals surface area contributed by atoms with Crippen molar-refractivity contribution < 1.29 is 4.79 Å². The molecule has 1 N–H and O–H groups in total. The summed E-state index contributed by atoms with van der Waals surface area (Å²) in [5, 5.41) is 11.6. The van der Waals surface area contributed by atoms with Crippen molar-refractivity contribution >= 4 is 17.7 Å². The smallest absolute Gasteiger partial charge is 0.233 e. The molecule has 1 fully saturated rings. The maximum Gasteiger partial charge on any atom is 0.233 e. The van der Waals surface area contributed by atoms with Crippen molar-refractivity contribution in [2.75, 3.05) is 0 Å². The molecule has 18 heavy (non-hydrogen) atoms. The molecule has 6 heteroatoms. The van der Waals surface area contributed by atoms with Gasteiger partial charge in [0, 0.05) is 13.1 Å². The summed E-state index contributed by atoms with van der Waals surface area (Å²) in [6.07, 6.45) is 7.65. The maximum absolute atomic E-state index is 12.1. The lowest BCUT2D eigenvalue weighted by atomic mass is 9.95. The summed E-state index contributed by atoms with van der Waals surface area (Å²) >= 11 is 1.45. The van der Waals surface area contributed by atoms with Crippen molar-refractivity contribution in [1.29, 1.82) is 0 Å². The number of hydrogen-bond donors (Lipinski definition) is 1. The van der Waals surface area contributed by atoms with Crippen LogP contribution in [-0.4, -0.2) is 32.0 Å². The molecular formula is C12H20N4OS. The van der Waals surface area contributed by atoms with Gasteiger partial charge < -0.3 is 9.88 Å². The molecule has 1 saturated carbocycles. The molecule has 5 nitrogen and oxygen atoms in total. The zero-order valence-electron chi connectivity index (χ0n) is 10.9. The summed E-state index contributed by atoms with van der Waals surface area (Å²) < 4.78 is 1.83. The second-order valence-electron chi connectivity index (χ2n) is 4.83. The molecule has 100 valence electrons. The van der Waals surface area contributed by atoms with E-state index in [-0.39, 0.29) is 11.2 Å². The lowest BCUT2D eigenvalue weighted by Crippen LogP contribution is -2.40. The highest BCUT2D eigenvalue weighted by Crippen LogP contribution is 2.22. The topological polar surface area (TPSA) is 59.8 Å². The Morgan fingerprint density at radius 2 is 2.22 bits per heavy atom. The molecule has 0 aromatic carbocycles. The summed E-state index contributed by atoms with van der Waals surface area (Å²) in [5.74, 6) is 0.106. The summed E-state index contributed by atoms with van der Waals surface area (Å²) in [4.78, 5) is 12.1. The SMILES string of the molecule is C[C@@H](Sc1nncn1C)C(=O)NC1CCCCC1. The second-order valence-corrected chi connectivity index (χ2v) is 6.14. The summed E-state index contributed by atoms with van der Waals surface area (Å²) in [5.41, 5.74) is 0. The van der Waals surface area contributed by atoms with Crippen LogP contribution in [0.15, 0.2) is 11.5 Å². The molecule has 1 amide bonds. The number of thioether (sulfide) groups is 1. The van der Waals surface area contributed by atoms with Crippen LogP contribution in [0.5, 0.6) is 0 Å². The molecule has 1 aliphatic carbocycles. The Morgan fingerprint density at radius 1 is 1.50 bits per heavy atom. The highest BCUT2D eigenvalue weighted by Gasteiger charge is 2.21. The number of hydrogen-bond acceptors (Lipinski definition) is 4. The molecule has 1 aromatic rings. The molecule has 1 atom stereocenters. The van der Waals surface area contributed by atoms with Gasteiger partial charge in [0.25, 0.3) is 0 Å². The van der Waals surface area contributed by atoms with Crippen molar-refractivity contribution in [2.24, 2.45) is 7.05 Å². The van der Waals surface area contributed by atoms with Gasteiger partial charge >= 0.3 is 0 Å². The Kier molecular flexibility index (Phi) is 4.63. The number of nitrogens with zero attached hydrogens (tertiary/aromatic N) is 3. The fourth-order valence-electron chi connectivity index (χ4n) is 2.16. The average Bonchev–Trinajstić information content (AvgIpc) is 2.76. The third-order valence-electron chi connectivity index (χ3n) is 3.27. The van der Waals surface area contributed by atoms with Gasteiger partial charge in [-0.25, -0.2) is 0 Å². The van der Waals surface area contributed by atoms with E-state index >= 15 is 0 Å². The van der Waals surface area contributed by atoms with Gasteiger partial charge in [0.15, 0.2) is 5.16 Å². The third-order valence-corrected chi connectivity index (χ3v) is 4.42. The van der Waals surface area contributed by atoms with Gasteiger partial charge in [-0.1, -0.05) is 31.0 Å². The van der Waals surface area contributed by atoms with E-state index < -0.39 is 0 Å². The molecule has 0 unspecified atom stereocenters. The molecule has 1 heterocycles. The first-order valence-corrected chi connectivity index (χ1v) is 7.36. The van der Waals surface area contributed by atoms with Gasteiger partial charge in [0.05, 0.1) is 5.25 Å². The minimum atomic E-state index is -0.130. The number of nitrogens with one attached hydrogen (secondary N) is 1. The first kappa shape index (κ1) is 13.4. The number of aromatic nitrogens is 3. The molecule has 0 aliphatic heterocycles. The fraction of sp³-hybridized carbons (Fsp3) is 0.750. The molecular weight excluding hydrogens is 248 g/mol. The van der Waals surface area contributed by atoms with Gasteiger partial charge in [-0.05, 0) is 19.8 Å². The molecule has 1 aromatic heterocycles. The first-order chi connectivity index (χ1) is 8.66. The molecule has 0 saturated heterocycles. The van der Waals surface area contributed by atoms with Crippen LogP contribution in [0, 0.1) is 0 Å². The van der Waals surface area contributed by atoms with Crippen LogP contribution in [0.3, 0.4) is 0 Å². The van der Waals surface area contributed by atoms with Crippen LogP contribution in [0.2, 0.25) is 0 Å². The highest BCUT2D eigenvalue weighted by molar-refractivity contribution is 8.00. The normalized spacial score (nSPS) is 18.6. The second kappa shape index (κ2) is 6.22. The van der Waals surface area contributed by atoms with E-state index in [2.05, 4.69) is 15.5 Å². The van der Waals surface area contributed by atoms with Crippen LogP contribution >= 0.6 is 11.8 Å². The van der Waals surface area contributed by atoms with Crippen molar-refractivity contribution in [3.05, 3.63) is 6.33 Å². The van der Waals surface area contributed by atoms with Crippen molar-refractivity contribution in [1.82, 2.24) is 20.1 Å². The van der Waals surface area contributed by atoms with E-state index in [1.54, 1.807) is 6.33 Å². The first-order valence-electron chi connectivity index (χ1n) is 6.48. The molecule has 0 radical (unpaired) electrons. The van der Waals surface area contributed by atoms with E-state index in [1.807, 2.05) is 18.5 Å². The van der Waals surface area contributed by atoms with Crippen molar-refractivity contribution in [3.8, 4) is 0 Å². The Bertz CT molecular complexity index is 401. The predicted octanol–water partition coefficient (Wildman–Crippen LogP) is 1.74. The van der Waals surface area contributed by atoms with Gasteiger partial charge in [-0.15, -0.1) is 10.2 Å². The number of rotatable bonds is 4. The highest BCUT2D eigenvalue weighted by atomic mass is 32.2. The zero-order chi connectivity index (χ0) is 13.0. The Balaban J connectivity index is 1.83. The van der Waals surface area contributed by atoms with E-state index in [0.29, 0.717) is 6.04 Å². The minimum Gasteiger partial charge on any atom is -0.352 e. The Morgan fingerprint density at radius 3 is 2.83 bits per heavy atom. The van der Waals surface area contributed by atoms with E-state index in [9.17, 15) is 4.79 Å².